The van der Waals surface area contributed by atoms with Crippen LogP contribution in [0.2, 0.25) is 0 Å². The van der Waals surface area contributed by atoms with Crippen molar-refractivity contribution in [1.82, 2.24) is 30.4 Å². The number of carbonyl (C=O) groups is 1. The smallest absolute Gasteiger partial charge is 0.252 e. The quantitative estimate of drug-likeness (QED) is 0.454. The Balaban J connectivity index is 1.25. The first-order valence-corrected chi connectivity index (χ1v) is 13.0. The van der Waals surface area contributed by atoms with Crippen LogP contribution in [0.3, 0.4) is 0 Å². The van der Waals surface area contributed by atoms with Crippen molar-refractivity contribution in [2.24, 2.45) is 5.92 Å². The van der Waals surface area contributed by atoms with Gasteiger partial charge in [0.2, 0.25) is 0 Å². The van der Waals surface area contributed by atoms with Crippen LogP contribution >= 0.6 is 11.8 Å². The summed E-state index contributed by atoms with van der Waals surface area (Å²) >= 11 is 1.56. The average molecular weight is 495 g/mol. The Kier molecular flexibility index (Phi) is 8.04. The molecule has 2 aromatic carbocycles. The fourth-order valence-corrected chi connectivity index (χ4v) is 5.60. The zero-order chi connectivity index (χ0) is 23.9. The van der Waals surface area contributed by atoms with Crippen molar-refractivity contribution in [1.29, 1.82) is 0 Å². The monoisotopic (exact) mass is 494 g/mol. The minimum Gasteiger partial charge on any atom is -0.381 e. The highest BCUT2D eigenvalue weighted by Gasteiger charge is 2.32. The van der Waals surface area contributed by atoms with Gasteiger partial charge in [-0.25, -0.2) is 0 Å². The van der Waals surface area contributed by atoms with Gasteiger partial charge in [-0.3, -0.25) is 9.69 Å². The lowest BCUT2D eigenvalue weighted by atomic mass is 9.96. The maximum atomic E-state index is 13.3. The van der Waals surface area contributed by atoms with Gasteiger partial charge in [0.1, 0.15) is 0 Å². The predicted molar refractivity (Wildman–Crippen MR) is 133 cm³/mol. The highest BCUT2D eigenvalue weighted by atomic mass is 32.2. The molecule has 1 amide bonds. The molecule has 184 valence electrons. The SMILES string of the molecule is O=C(NCC(C1CCOC1)N1CCOCC1)c1ccccc1SCc1nnnn1-c1ccccc1. The third kappa shape index (κ3) is 5.90. The van der Waals surface area contributed by atoms with Crippen molar-refractivity contribution in [2.45, 2.75) is 23.1 Å². The van der Waals surface area contributed by atoms with Gasteiger partial charge in [0.25, 0.3) is 5.91 Å². The number of tetrazole rings is 1. The van der Waals surface area contributed by atoms with Crippen LogP contribution in [0, 0.1) is 5.92 Å². The molecule has 3 aromatic rings. The summed E-state index contributed by atoms with van der Waals surface area (Å²) in [7, 11) is 0. The van der Waals surface area contributed by atoms with Gasteiger partial charge in [-0.1, -0.05) is 30.3 Å². The van der Waals surface area contributed by atoms with Crippen molar-refractivity contribution in [3.8, 4) is 5.69 Å². The lowest BCUT2D eigenvalue weighted by molar-refractivity contribution is 0.00166. The zero-order valence-corrected chi connectivity index (χ0v) is 20.4. The van der Waals surface area contributed by atoms with Crippen LogP contribution < -0.4 is 5.32 Å². The molecule has 2 saturated heterocycles. The second-order valence-corrected chi connectivity index (χ2v) is 9.69. The molecule has 10 heteroatoms. The van der Waals surface area contributed by atoms with E-state index in [1.54, 1.807) is 16.4 Å². The molecule has 0 spiro atoms. The van der Waals surface area contributed by atoms with Crippen molar-refractivity contribution in [3.05, 3.63) is 66.0 Å². The number of ether oxygens (including phenoxy) is 2. The van der Waals surface area contributed by atoms with Crippen LogP contribution in [0.25, 0.3) is 5.69 Å². The summed E-state index contributed by atoms with van der Waals surface area (Å²) in [5, 5.41) is 15.4. The number of nitrogens with one attached hydrogen (secondary N) is 1. The Labute approximate surface area is 209 Å². The molecular formula is C25H30N6O3S. The number of nitrogens with zero attached hydrogens (tertiary/aromatic N) is 5. The first-order chi connectivity index (χ1) is 17.3. The van der Waals surface area contributed by atoms with Gasteiger partial charge in [-0.15, -0.1) is 16.9 Å². The van der Waals surface area contributed by atoms with E-state index in [9.17, 15) is 4.79 Å². The molecule has 2 aliphatic heterocycles. The molecule has 1 N–H and O–H groups in total. The Morgan fingerprint density at radius 3 is 2.66 bits per heavy atom. The fourth-order valence-electron chi connectivity index (χ4n) is 4.64. The summed E-state index contributed by atoms with van der Waals surface area (Å²) in [6.45, 7) is 5.39. The number of para-hydroxylation sites is 1. The van der Waals surface area contributed by atoms with Crippen LogP contribution in [0.15, 0.2) is 59.5 Å². The molecule has 2 fully saturated rings. The van der Waals surface area contributed by atoms with E-state index in [1.165, 1.54) is 0 Å². The molecule has 0 saturated carbocycles. The number of hydrogen-bond acceptors (Lipinski definition) is 8. The van der Waals surface area contributed by atoms with E-state index in [0.717, 1.165) is 62.3 Å². The Hall–Kier alpha value is -2.79. The van der Waals surface area contributed by atoms with E-state index in [-0.39, 0.29) is 11.9 Å². The van der Waals surface area contributed by atoms with Crippen molar-refractivity contribution in [2.75, 3.05) is 46.1 Å². The van der Waals surface area contributed by atoms with E-state index in [2.05, 4.69) is 25.7 Å². The number of aromatic nitrogens is 4. The van der Waals surface area contributed by atoms with Crippen LogP contribution in [0.5, 0.6) is 0 Å². The van der Waals surface area contributed by atoms with Crippen LogP contribution in [0.1, 0.15) is 22.6 Å². The fraction of sp³-hybridized carbons (Fsp3) is 0.440. The number of carbonyl (C=O) groups excluding carboxylic acids is 1. The number of rotatable bonds is 9. The van der Waals surface area contributed by atoms with Crippen molar-refractivity contribution < 1.29 is 14.3 Å². The van der Waals surface area contributed by atoms with Crippen LogP contribution in [-0.4, -0.2) is 83.1 Å². The maximum Gasteiger partial charge on any atom is 0.252 e. The summed E-state index contributed by atoms with van der Waals surface area (Å²) in [6, 6.07) is 17.7. The first-order valence-electron chi connectivity index (χ1n) is 12.0. The van der Waals surface area contributed by atoms with Gasteiger partial charge in [0.15, 0.2) is 5.82 Å². The average Bonchev–Trinajstić information content (AvgIpc) is 3.62. The number of morpholine rings is 1. The lowest BCUT2D eigenvalue weighted by Gasteiger charge is -2.37. The van der Waals surface area contributed by atoms with Gasteiger partial charge in [0.05, 0.1) is 36.8 Å². The minimum atomic E-state index is -0.0621. The van der Waals surface area contributed by atoms with Gasteiger partial charge in [-0.05, 0) is 41.1 Å². The normalized spacial score (nSPS) is 19.5. The summed E-state index contributed by atoms with van der Waals surface area (Å²) in [5.41, 5.74) is 1.57. The molecule has 1 aromatic heterocycles. The molecule has 2 aliphatic rings. The van der Waals surface area contributed by atoms with E-state index in [4.69, 9.17) is 9.47 Å². The topological polar surface area (TPSA) is 94.4 Å². The highest BCUT2D eigenvalue weighted by Crippen LogP contribution is 2.27. The molecule has 9 nitrogen and oxygen atoms in total. The molecule has 35 heavy (non-hydrogen) atoms. The standard InChI is InChI=1S/C25H30N6O3S/c32-25(26-16-22(19-10-13-34-17-19)30-11-14-33-15-12-30)21-8-4-5-9-23(21)35-18-24-27-28-29-31(24)20-6-2-1-3-7-20/h1-9,19,22H,10-18H2,(H,26,32). The summed E-state index contributed by atoms with van der Waals surface area (Å²) in [5.74, 6) is 1.63. The second kappa shape index (κ2) is 11.8. The Morgan fingerprint density at radius 2 is 1.86 bits per heavy atom. The van der Waals surface area contributed by atoms with E-state index >= 15 is 0 Å². The molecule has 2 unspecified atom stereocenters. The predicted octanol–water partition coefficient (Wildman–Crippen LogP) is 2.42. The largest absolute Gasteiger partial charge is 0.381 e. The molecule has 2 atom stereocenters. The molecule has 5 rings (SSSR count). The Bertz CT molecular complexity index is 1100. The molecule has 3 heterocycles. The molecule has 0 aliphatic carbocycles. The highest BCUT2D eigenvalue weighted by molar-refractivity contribution is 7.98. The number of thioether (sulfide) groups is 1. The first kappa shape index (κ1) is 23.9. The van der Waals surface area contributed by atoms with E-state index in [0.29, 0.717) is 23.8 Å². The maximum absolute atomic E-state index is 13.3. The third-order valence-corrected chi connectivity index (χ3v) is 7.59. The van der Waals surface area contributed by atoms with Crippen molar-refractivity contribution in [3.63, 3.8) is 0 Å². The third-order valence-electron chi connectivity index (χ3n) is 6.52. The number of hydrogen-bond donors (Lipinski definition) is 1. The summed E-state index contributed by atoms with van der Waals surface area (Å²) in [6.07, 6.45) is 1.03. The van der Waals surface area contributed by atoms with Gasteiger partial charge >= 0.3 is 0 Å². The van der Waals surface area contributed by atoms with Gasteiger partial charge in [-0.2, -0.15) is 4.68 Å². The summed E-state index contributed by atoms with van der Waals surface area (Å²) < 4.78 is 12.9. The summed E-state index contributed by atoms with van der Waals surface area (Å²) in [4.78, 5) is 16.6. The van der Waals surface area contributed by atoms with Crippen LogP contribution in [0.4, 0.5) is 0 Å². The number of amides is 1. The minimum absolute atomic E-state index is 0.0621. The van der Waals surface area contributed by atoms with E-state index in [1.807, 2.05) is 54.6 Å². The van der Waals surface area contributed by atoms with E-state index < -0.39 is 0 Å². The van der Waals surface area contributed by atoms with Crippen LogP contribution in [-0.2, 0) is 15.2 Å². The second-order valence-electron chi connectivity index (χ2n) is 8.68. The van der Waals surface area contributed by atoms with Crippen molar-refractivity contribution >= 4 is 17.7 Å². The molecular weight excluding hydrogens is 464 g/mol. The lowest BCUT2D eigenvalue weighted by Crippen LogP contribution is -2.52. The zero-order valence-electron chi connectivity index (χ0n) is 19.6. The molecule has 0 radical (unpaired) electrons. The van der Waals surface area contributed by atoms with Gasteiger partial charge in [0, 0.05) is 43.1 Å². The number of benzene rings is 2. The van der Waals surface area contributed by atoms with Gasteiger partial charge < -0.3 is 14.8 Å². The molecule has 0 bridgehead atoms. The Morgan fingerprint density at radius 1 is 1.06 bits per heavy atom.